The lowest BCUT2D eigenvalue weighted by atomic mass is 9.82. The van der Waals surface area contributed by atoms with Crippen LogP contribution in [0.25, 0.3) is 16.9 Å². The van der Waals surface area contributed by atoms with Gasteiger partial charge < -0.3 is 35.6 Å². The van der Waals surface area contributed by atoms with Gasteiger partial charge in [-0.3, -0.25) is 33.6 Å². The number of amides is 3. The van der Waals surface area contributed by atoms with E-state index in [0.29, 0.717) is 80.1 Å². The molecule has 4 atom stereocenters. The number of aliphatic hydroxyl groups is 1. The number of aromatic nitrogens is 6. The van der Waals surface area contributed by atoms with Crippen molar-refractivity contribution in [3.63, 3.8) is 0 Å². The van der Waals surface area contributed by atoms with Crippen LogP contribution >= 0.6 is 11.3 Å². The molecule has 4 aromatic heterocycles. The van der Waals surface area contributed by atoms with Gasteiger partial charge in [-0.15, -0.1) is 11.3 Å². The van der Waals surface area contributed by atoms with Gasteiger partial charge in [-0.1, -0.05) is 57.1 Å². The summed E-state index contributed by atoms with van der Waals surface area (Å²) in [6.07, 6.45) is 21.6. The molecule has 0 radical (unpaired) electrons. The smallest absolute Gasteiger partial charge is 0.254 e. The predicted octanol–water partition coefficient (Wildman–Crippen LogP) is 8.79. The monoisotopic (exact) mass is 1080 g/mol. The van der Waals surface area contributed by atoms with Crippen LogP contribution < -0.4 is 20.7 Å². The highest BCUT2D eigenvalue weighted by Crippen LogP contribution is 2.41. The molecule has 20 heteroatoms. The van der Waals surface area contributed by atoms with Crippen molar-refractivity contribution in [1.29, 1.82) is 0 Å². The highest BCUT2D eigenvalue weighted by molar-refractivity contribution is 7.10. The Morgan fingerprint density at radius 3 is 2.41 bits per heavy atom. The third kappa shape index (κ3) is 12.9. The number of rotatable bonds is 24. The van der Waals surface area contributed by atoms with E-state index >= 15 is 4.39 Å². The first-order valence-corrected chi connectivity index (χ1v) is 29.1. The maximum absolute atomic E-state index is 15.7. The number of benzene rings is 2. The number of hydrogen-bond donors (Lipinski definition) is 5. The first kappa shape index (κ1) is 54.7. The number of hydrogen-bond acceptors (Lipinski definition) is 14. The summed E-state index contributed by atoms with van der Waals surface area (Å²) in [7, 11) is 1.76. The number of nitrogens with zero attached hydrogens (tertiary/aromatic N) is 8. The standard InChI is InChI=1S/C58H73FN12O6S/c1-37(60-2)55(74)67-51(39-14-8-7-9-15-39)58(76)70-24-13-18-48(70)56-66-47(36-78-56)52(73)40-16-12-17-43(30-40)77-29-11-6-4-3-5-10-19-50(72)68-25-27-69(28-26-68)57(75)41-22-23-45(44(59)31-41)64-53-54-61-34-49(42-32-62-63-33-42)71(54)35-46(65-53)38-20-21-38/h12,16-17,22-23,30-39,48,51,58,60,76H,3-11,13-15,18-21,24-29H2,1-2H3,(H,62,63)(H,64,65)(H,67,74)/t37-,48-,51-,58?/m0/s1. The van der Waals surface area contributed by atoms with Gasteiger partial charge in [0.25, 0.3) is 5.91 Å². The molecular formula is C58H73FN12O6S. The van der Waals surface area contributed by atoms with Crippen molar-refractivity contribution < 1.29 is 33.4 Å². The quantitative estimate of drug-likeness (QED) is 0.0283. The number of likely N-dealkylation sites (N-methyl/N-ethyl adjacent to an activating group) is 1. The summed E-state index contributed by atoms with van der Waals surface area (Å²) >= 11 is 1.44. The molecular weight excluding hydrogens is 1010 g/mol. The topological polar surface area (TPSA) is 215 Å². The fourth-order valence-electron chi connectivity index (χ4n) is 11.3. The molecule has 4 aliphatic rings. The summed E-state index contributed by atoms with van der Waals surface area (Å²) in [6, 6.07) is 10.8. The maximum atomic E-state index is 15.7. The minimum Gasteiger partial charge on any atom is -0.494 e. The van der Waals surface area contributed by atoms with Crippen LogP contribution in [0.4, 0.5) is 15.9 Å². The number of nitrogens with one attached hydrogen (secondary N) is 4. The number of anilines is 2. The number of ketones is 1. The van der Waals surface area contributed by atoms with Crippen molar-refractivity contribution in [2.24, 2.45) is 5.92 Å². The van der Waals surface area contributed by atoms with Crippen LogP contribution in [0, 0.1) is 11.7 Å². The molecule has 5 N–H and O–H groups in total. The van der Waals surface area contributed by atoms with Crippen molar-refractivity contribution in [2.45, 2.75) is 140 Å². The number of fused-ring (bicyclic) bond motifs is 1. The van der Waals surface area contributed by atoms with Gasteiger partial charge in [0.2, 0.25) is 17.6 Å². The van der Waals surface area contributed by atoms with Crippen LogP contribution in [-0.2, 0) is 9.59 Å². The van der Waals surface area contributed by atoms with Crippen molar-refractivity contribution in [3.05, 3.63) is 106 Å². The molecule has 0 bridgehead atoms. The van der Waals surface area contributed by atoms with Crippen LogP contribution in [-0.4, -0.2) is 138 Å². The number of likely N-dealkylation sites (tertiary alicyclic amines) is 1. The Hall–Kier alpha value is -6.61. The van der Waals surface area contributed by atoms with E-state index in [0.717, 1.165) is 112 Å². The van der Waals surface area contributed by atoms with Gasteiger partial charge in [-0.2, -0.15) is 5.10 Å². The van der Waals surface area contributed by atoms with Gasteiger partial charge in [0.05, 0.1) is 54.2 Å². The third-order valence-electron chi connectivity index (χ3n) is 16.1. The minimum atomic E-state index is -0.861. The minimum absolute atomic E-state index is 0.0905. The number of unbranched alkanes of at least 4 members (excludes halogenated alkanes) is 5. The van der Waals surface area contributed by atoms with Crippen LogP contribution in [0.5, 0.6) is 5.75 Å². The van der Waals surface area contributed by atoms with E-state index in [-0.39, 0.29) is 58.8 Å². The second kappa shape index (κ2) is 25.5. The Labute approximate surface area is 459 Å². The predicted molar refractivity (Wildman–Crippen MR) is 296 cm³/mol. The summed E-state index contributed by atoms with van der Waals surface area (Å²) in [4.78, 5) is 73.2. The third-order valence-corrected chi connectivity index (χ3v) is 17.1. The van der Waals surface area contributed by atoms with Gasteiger partial charge in [0.1, 0.15) is 28.5 Å². The lowest BCUT2D eigenvalue weighted by Crippen LogP contribution is -2.57. The second-order valence-corrected chi connectivity index (χ2v) is 22.4. The van der Waals surface area contributed by atoms with Crippen LogP contribution in [0.15, 0.2) is 72.6 Å². The number of carbonyl (C=O) groups excluding carboxylic acids is 4. The van der Waals surface area contributed by atoms with Gasteiger partial charge in [0, 0.05) is 79.5 Å². The van der Waals surface area contributed by atoms with Crippen LogP contribution in [0.3, 0.4) is 0 Å². The summed E-state index contributed by atoms with van der Waals surface area (Å²) in [5.74, 6) is 0.556. The maximum Gasteiger partial charge on any atom is 0.254 e. The van der Waals surface area contributed by atoms with Gasteiger partial charge in [0.15, 0.2) is 11.5 Å². The zero-order valence-corrected chi connectivity index (χ0v) is 45.6. The number of carbonyl (C=O) groups is 4. The fourth-order valence-corrected chi connectivity index (χ4v) is 12.2. The number of halogens is 1. The summed E-state index contributed by atoms with van der Waals surface area (Å²) in [5.41, 5.74) is 4.49. The lowest BCUT2D eigenvalue weighted by molar-refractivity contribution is -0.132. The number of aliphatic hydroxyl groups excluding tert-OH is 1. The zero-order chi connectivity index (χ0) is 54.1. The van der Waals surface area contributed by atoms with E-state index in [4.69, 9.17) is 14.7 Å². The second-order valence-electron chi connectivity index (χ2n) is 21.5. The molecule has 6 aromatic rings. The van der Waals surface area contributed by atoms with Crippen molar-refractivity contribution in [1.82, 2.24) is 54.9 Å². The Morgan fingerprint density at radius 1 is 0.872 bits per heavy atom. The molecule has 78 heavy (non-hydrogen) atoms. The molecule has 2 aliphatic carbocycles. The molecule has 10 rings (SSSR count). The molecule has 2 saturated heterocycles. The van der Waals surface area contributed by atoms with E-state index in [2.05, 4.69) is 36.0 Å². The largest absolute Gasteiger partial charge is 0.494 e. The molecule has 2 aromatic carbocycles. The number of H-pyrrole nitrogens is 1. The Bertz CT molecular complexity index is 3020. The van der Waals surface area contributed by atoms with E-state index in [9.17, 15) is 24.3 Å². The van der Waals surface area contributed by atoms with Crippen molar-refractivity contribution >= 4 is 52.0 Å². The molecule has 3 amide bonds. The lowest BCUT2D eigenvalue weighted by Gasteiger charge is -2.40. The molecule has 2 aliphatic heterocycles. The highest BCUT2D eigenvalue weighted by atomic mass is 32.1. The number of aromatic amines is 1. The molecule has 6 heterocycles. The van der Waals surface area contributed by atoms with E-state index in [1.807, 2.05) is 34.6 Å². The molecule has 1 unspecified atom stereocenters. The van der Waals surface area contributed by atoms with Gasteiger partial charge >= 0.3 is 0 Å². The summed E-state index contributed by atoms with van der Waals surface area (Å²) in [6.45, 7) is 4.67. The van der Waals surface area contributed by atoms with Gasteiger partial charge in [-0.05, 0) is 102 Å². The van der Waals surface area contributed by atoms with Crippen molar-refractivity contribution in [2.75, 3.05) is 51.7 Å². The number of piperazine rings is 1. The Kier molecular flexibility index (Phi) is 17.9. The Morgan fingerprint density at radius 2 is 1.65 bits per heavy atom. The normalized spacial score (nSPS) is 18.5. The Balaban J connectivity index is 0.616. The van der Waals surface area contributed by atoms with E-state index in [1.54, 1.807) is 60.2 Å². The molecule has 0 spiro atoms. The van der Waals surface area contributed by atoms with E-state index < -0.39 is 12.0 Å². The molecule has 414 valence electrons. The average Bonchev–Trinajstić information content (AvgIpc) is 3.91. The van der Waals surface area contributed by atoms with E-state index in [1.165, 1.54) is 23.8 Å². The van der Waals surface area contributed by atoms with Crippen LogP contribution in [0.1, 0.15) is 159 Å². The summed E-state index contributed by atoms with van der Waals surface area (Å²) < 4.78 is 23.7. The number of imidazole rings is 1. The average molecular weight is 1090 g/mol. The van der Waals surface area contributed by atoms with Crippen molar-refractivity contribution in [3.8, 4) is 17.0 Å². The number of ether oxygens (including phenoxy) is 1. The summed E-state index contributed by atoms with van der Waals surface area (Å²) in [5, 5.41) is 30.8. The molecule has 18 nitrogen and oxygen atoms in total. The first-order chi connectivity index (χ1) is 38.0. The number of thiazole rings is 1. The highest BCUT2D eigenvalue weighted by Gasteiger charge is 2.41. The SMILES string of the molecule is CN[C@@H](C)C(=O)N[C@@H](C1CCCCC1)C(O)N1CCC[C@H]1c1nc(C(=O)c2cccc(OCCCCCCCCC(=O)N3CCN(C(=O)c4ccc(Nc5nc(C6CC6)cn6c(-c7cn[nH]c7)cnc56)c(F)c4)CC3)c2)cs1. The fraction of sp³-hybridized carbons (Fsp3) is 0.517. The molecule has 2 saturated carbocycles. The molecule has 4 fully saturated rings. The zero-order valence-electron chi connectivity index (χ0n) is 44.8. The van der Waals surface area contributed by atoms with Crippen LogP contribution in [0.2, 0.25) is 0 Å². The first-order valence-electron chi connectivity index (χ1n) is 28.2. The van der Waals surface area contributed by atoms with Gasteiger partial charge in [-0.25, -0.2) is 19.3 Å².